The van der Waals surface area contributed by atoms with Crippen LogP contribution in [-0.4, -0.2) is 65.1 Å². The zero-order chi connectivity index (χ0) is 31.1. The first-order valence-corrected chi connectivity index (χ1v) is 14.5. The predicted octanol–water partition coefficient (Wildman–Crippen LogP) is 5.68. The minimum atomic E-state index is -0.936. The molecule has 1 aliphatic carbocycles. The molecule has 1 aromatic heterocycles. The van der Waals surface area contributed by atoms with Crippen LogP contribution in [0.5, 0.6) is 11.5 Å². The van der Waals surface area contributed by atoms with Crippen LogP contribution < -0.4 is 25.4 Å². The van der Waals surface area contributed by atoms with Crippen LogP contribution in [0.3, 0.4) is 0 Å². The van der Waals surface area contributed by atoms with Crippen LogP contribution in [0.15, 0.2) is 36.7 Å². The molecule has 13 heteroatoms. The van der Waals surface area contributed by atoms with E-state index in [4.69, 9.17) is 25.8 Å². The zero-order valence-electron chi connectivity index (χ0n) is 24.6. The highest BCUT2D eigenvalue weighted by Gasteiger charge is 2.33. The van der Waals surface area contributed by atoms with E-state index in [-0.39, 0.29) is 29.3 Å². The second-order valence-electron chi connectivity index (χ2n) is 11.3. The number of halogens is 2. The van der Waals surface area contributed by atoms with Crippen molar-refractivity contribution in [3.8, 4) is 11.5 Å². The SMILES string of the molecule is COc1cc2ncnc(Nc3cccc(Cl)c3F)c2cc1OC1CCC([C@H](NCCNC(=O)OC(C)(C)C)C(=O)O)CC1. The number of carbonyl (C=O) groups excluding carboxylic acids is 1. The summed E-state index contributed by atoms with van der Waals surface area (Å²) in [7, 11) is 1.54. The summed E-state index contributed by atoms with van der Waals surface area (Å²) in [5, 5.41) is 19.1. The molecule has 2 aromatic carbocycles. The lowest BCUT2D eigenvalue weighted by Gasteiger charge is -2.33. The molecule has 0 radical (unpaired) electrons. The number of carboxylic acids is 1. The highest BCUT2D eigenvalue weighted by Crippen LogP contribution is 2.38. The summed E-state index contributed by atoms with van der Waals surface area (Å²) in [4.78, 5) is 32.5. The fourth-order valence-electron chi connectivity index (χ4n) is 5.02. The van der Waals surface area contributed by atoms with Gasteiger partial charge in [0.2, 0.25) is 0 Å². The molecule has 11 nitrogen and oxygen atoms in total. The third kappa shape index (κ3) is 8.57. The molecule has 1 heterocycles. The molecular formula is C30H37ClFN5O6. The highest BCUT2D eigenvalue weighted by molar-refractivity contribution is 6.31. The van der Waals surface area contributed by atoms with E-state index in [1.165, 1.54) is 19.5 Å². The molecule has 0 unspecified atom stereocenters. The average molecular weight is 618 g/mol. The Bertz CT molecular complexity index is 1440. The Kier molecular flexibility index (Phi) is 10.5. The molecule has 0 saturated heterocycles. The number of nitrogens with zero attached hydrogens (tertiary/aromatic N) is 2. The van der Waals surface area contributed by atoms with Crippen LogP contribution in [-0.2, 0) is 9.53 Å². The first-order valence-electron chi connectivity index (χ1n) is 14.1. The van der Waals surface area contributed by atoms with E-state index in [1.807, 2.05) is 0 Å². The smallest absolute Gasteiger partial charge is 0.407 e. The summed E-state index contributed by atoms with van der Waals surface area (Å²) >= 11 is 5.94. The van der Waals surface area contributed by atoms with E-state index in [2.05, 4.69) is 25.9 Å². The number of fused-ring (bicyclic) bond motifs is 1. The summed E-state index contributed by atoms with van der Waals surface area (Å²) < 4.78 is 31.7. The first-order chi connectivity index (χ1) is 20.4. The van der Waals surface area contributed by atoms with Crippen molar-refractivity contribution in [2.45, 2.75) is 64.2 Å². The molecule has 0 aliphatic heterocycles. The lowest BCUT2D eigenvalue weighted by atomic mass is 9.82. The molecule has 1 saturated carbocycles. The van der Waals surface area contributed by atoms with Crippen LogP contribution in [0.2, 0.25) is 5.02 Å². The lowest BCUT2D eigenvalue weighted by molar-refractivity contribution is -0.141. The van der Waals surface area contributed by atoms with E-state index < -0.39 is 29.5 Å². The molecule has 1 amide bonds. The number of hydrogen-bond acceptors (Lipinski definition) is 9. The number of benzene rings is 2. The van der Waals surface area contributed by atoms with Crippen molar-refractivity contribution in [1.82, 2.24) is 20.6 Å². The van der Waals surface area contributed by atoms with E-state index in [1.54, 1.807) is 45.0 Å². The minimum Gasteiger partial charge on any atom is -0.493 e. The van der Waals surface area contributed by atoms with Crippen molar-refractivity contribution in [3.05, 3.63) is 47.5 Å². The maximum Gasteiger partial charge on any atom is 0.407 e. The number of methoxy groups -OCH3 is 1. The second-order valence-corrected chi connectivity index (χ2v) is 11.7. The molecule has 43 heavy (non-hydrogen) atoms. The molecule has 4 N–H and O–H groups in total. The van der Waals surface area contributed by atoms with E-state index in [0.717, 1.165) is 0 Å². The summed E-state index contributed by atoms with van der Waals surface area (Å²) in [5.74, 6) is -0.298. The van der Waals surface area contributed by atoms with E-state index in [9.17, 15) is 19.1 Å². The quantitative estimate of drug-likeness (QED) is 0.198. The third-order valence-corrected chi connectivity index (χ3v) is 7.32. The third-order valence-electron chi connectivity index (χ3n) is 7.03. The van der Waals surface area contributed by atoms with Crippen LogP contribution in [0.1, 0.15) is 46.5 Å². The van der Waals surface area contributed by atoms with Crippen molar-refractivity contribution < 1.29 is 33.3 Å². The van der Waals surface area contributed by atoms with Gasteiger partial charge in [0.25, 0.3) is 0 Å². The monoisotopic (exact) mass is 617 g/mol. The Hall–Kier alpha value is -3.90. The maximum atomic E-state index is 14.6. The van der Waals surface area contributed by atoms with Gasteiger partial charge in [-0.25, -0.2) is 19.2 Å². The summed E-state index contributed by atoms with van der Waals surface area (Å²) in [6.45, 7) is 5.85. The molecular weight excluding hydrogens is 581 g/mol. The standard InChI is InChI=1S/C30H37ClFN5O6/c1-30(2,3)43-29(40)34-13-12-33-26(28(38)39)17-8-10-18(11-9-17)42-24-14-19-22(15-23(24)41-4)35-16-36-27(19)37-21-7-5-6-20(31)25(21)32/h5-7,14-18,26,33H,8-13H2,1-4H3,(H,34,40)(H,38,39)(H,35,36,37)/t17?,18?,26-/m0/s1. The molecule has 1 atom stereocenters. The first kappa shape index (κ1) is 32.0. The van der Waals surface area contributed by atoms with Gasteiger partial charge in [0, 0.05) is 24.5 Å². The van der Waals surface area contributed by atoms with Crippen molar-refractivity contribution >= 4 is 46.1 Å². The molecule has 0 bridgehead atoms. The Morgan fingerprint density at radius 1 is 1.12 bits per heavy atom. The van der Waals surface area contributed by atoms with Gasteiger partial charge in [-0.1, -0.05) is 17.7 Å². The topological polar surface area (TPSA) is 144 Å². The number of aliphatic carboxylic acids is 1. The Balaban J connectivity index is 1.39. The number of anilines is 2. The number of alkyl carbamates (subject to hydrolysis) is 1. The van der Waals surface area contributed by atoms with E-state index in [0.29, 0.717) is 60.4 Å². The minimum absolute atomic E-state index is 0.0116. The number of amides is 1. The van der Waals surface area contributed by atoms with Gasteiger partial charge in [-0.15, -0.1) is 0 Å². The fourth-order valence-corrected chi connectivity index (χ4v) is 5.20. The molecule has 1 aliphatic rings. The number of carbonyl (C=O) groups is 2. The Morgan fingerprint density at radius 3 is 2.53 bits per heavy atom. The van der Waals surface area contributed by atoms with Crippen LogP contribution in [0, 0.1) is 11.7 Å². The molecule has 0 spiro atoms. The predicted molar refractivity (Wildman–Crippen MR) is 161 cm³/mol. The second kappa shape index (κ2) is 14.0. The summed E-state index contributed by atoms with van der Waals surface area (Å²) in [6, 6.07) is 7.39. The number of nitrogens with one attached hydrogen (secondary N) is 3. The molecule has 1 fully saturated rings. The Morgan fingerprint density at radius 2 is 1.86 bits per heavy atom. The number of rotatable bonds is 11. The van der Waals surface area contributed by atoms with Gasteiger partial charge >= 0.3 is 12.1 Å². The molecule has 3 aromatic rings. The summed E-state index contributed by atoms with van der Waals surface area (Å²) in [6.07, 6.45) is 3.19. The lowest BCUT2D eigenvalue weighted by Crippen LogP contribution is -2.47. The van der Waals surface area contributed by atoms with Gasteiger partial charge in [-0.05, 0) is 70.6 Å². The van der Waals surface area contributed by atoms with E-state index >= 15 is 0 Å². The maximum absolute atomic E-state index is 14.6. The highest BCUT2D eigenvalue weighted by atomic mass is 35.5. The Labute approximate surface area is 254 Å². The van der Waals surface area contributed by atoms with Crippen LogP contribution in [0.25, 0.3) is 10.9 Å². The zero-order valence-corrected chi connectivity index (χ0v) is 25.3. The number of aromatic nitrogens is 2. The van der Waals surface area contributed by atoms with Gasteiger partial charge in [-0.2, -0.15) is 0 Å². The van der Waals surface area contributed by atoms with Crippen molar-refractivity contribution in [1.29, 1.82) is 0 Å². The summed E-state index contributed by atoms with van der Waals surface area (Å²) in [5.41, 5.74) is 0.137. The number of carboxylic acid groups (broad SMARTS) is 1. The van der Waals surface area contributed by atoms with Gasteiger partial charge in [0.15, 0.2) is 17.3 Å². The van der Waals surface area contributed by atoms with Crippen molar-refractivity contribution in [2.75, 3.05) is 25.5 Å². The van der Waals surface area contributed by atoms with Crippen molar-refractivity contribution in [3.63, 3.8) is 0 Å². The van der Waals surface area contributed by atoms with Gasteiger partial charge in [-0.3, -0.25) is 4.79 Å². The molecule has 4 rings (SSSR count). The molecule has 232 valence electrons. The fraction of sp³-hybridized carbons (Fsp3) is 0.467. The van der Waals surface area contributed by atoms with Gasteiger partial charge < -0.3 is 35.3 Å². The largest absolute Gasteiger partial charge is 0.493 e. The van der Waals surface area contributed by atoms with Crippen LogP contribution >= 0.6 is 11.6 Å². The number of ether oxygens (including phenoxy) is 3. The van der Waals surface area contributed by atoms with Gasteiger partial charge in [0.05, 0.1) is 29.4 Å². The van der Waals surface area contributed by atoms with Crippen molar-refractivity contribution in [2.24, 2.45) is 5.92 Å². The average Bonchev–Trinajstić information content (AvgIpc) is 2.95. The van der Waals surface area contributed by atoms with Crippen LogP contribution in [0.4, 0.5) is 20.7 Å². The van der Waals surface area contributed by atoms with Gasteiger partial charge in [0.1, 0.15) is 23.8 Å². The normalized spacial score (nSPS) is 17.6. The number of hydrogen-bond donors (Lipinski definition) is 4.